The molecule has 0 saturated carbocycles. The first-order chi connectivity index (χ1) is 10.1. The Bertz CT molecular complexity index is 653. The second kappa shape index (κ2) is 6.90. The van der Waals surface area contributed by atoms with Crippen molar-refractivity contribution in [3.8, 4) is 5.75 Å². The summed E-state index contributed by atoms with van der Waals surface area (Å²) in [4.78, 5) is 23.2. The molecule has 5 heteroatoms. The molecule has 21 heavy (non-hydrogen) atoms. The van der Waals surface area contributed by atoms with Crippen molar-refractivity contribution >= 4 is 29.2 Å². The van der Waals surface area contributed by atoms with Crippen LogP contribution in [0.5, 0.6) is 5.75 Å². The molecule has 0 spiro atoms. The normalized spacial score (nSPS) is 10.0. The molecule has 0 saturated heterocycles. The number of carbonyl (C=O) groups is 2. The molecule has 0 unspecified atom stereocenters. The Balaban J connectivity index is 2.03. The summed E-state index contributed by atoms with van der Waals surface area (Å²) in [6, 6.07) is 13.1. The van der Waals surface area contributed by atoms with Gasteiger partial charge in [0.05, 0.1) is 5.56 Å². The molecule has 0 fully saturated rings. The summed E-state index contributed by atoms with van der Waals surface area (Å²) >= 11 is 5.83. The molecule has 2 rings (SSSR count). The molecule has 0 aromatic heterocycles. The highest BCUT2D eigenvalue weighted by Gasteiger charge is 2.09. The predicted molar refractivity (Wildman–Crippen MR) is 81.8 cm³/mol. The lowest BCUT2D eigenvalue weighted by atomic mass is 10.2. The molecular weight excluding hydrogens is 290 g/mol. The summed E-state index contributed by atoms with van der Waals surface area (Å²) in [6.45, 7) is 1.77. The first-order valence-electron chi connectivity index (χ1n) is 6.46. The van der Waals surface area contributed by atoms with Gasteiger partial charge in [0.25, 0.3) is 0 Å². The molecule has 2 aromatic rings. The molecule has 0 aliphatic carbocycles. The number of rotatable bonds is 4. The van der Waals surface area contributed by atoms with Crippen molar-refractivity contribution in [2.24, 2.45) is 0 Å². The Morgan fingerprint density at radius 2 is 1.86 bits per heavy atom. The van der Waals surface area contributed by atoms with E-state index in [1.165, 1.54) is 0 Å². The van der Waals surface area contributed by atoms with Crippen molar-refractivity contribution in [3.63, 3.8) is 0 Å². The van der Waals surface area contributed by atoms with Crippen molar-refractivity contribution in [2.75, 3.05) is 5.32 Å². The van der Waals surface area contributed by atoms with Crippen LogP contribution in [0.3, 0.4) is 0 Å². The van der Waals surface area contributed by atoms with E-state index in [2.05, 4.69) is 5.32 Å². The van der Waals surface area contributed by atoms with Gasteiger partial charge in [-0.2, -0.15) is 0 Å². The van der Waals surface area contributed by atoms with Crippen LogP contribution in [0.4, 0.5) is 5.69 Å². The lowest BCUT2D eigenvalue weighted by Crippen LogP contribution is -2.10. The topological polar surface area (TPSA) is 55.4 Å². The van der Waals surface area contributed by atoms with Gasteiger partial charge in [-0.05, 0) is 42.5 Å². The van der Waals surface area contributed by atoms with E-state index in [0.717, 1.165) is 0 Å². The van der Waals surface area contributed by atoms with E-state index in [-0.39, 0.29) is 5.91 Å². The van der Waals surface area contributed by atoms with Gasteiger partial charge in [-0.3, -0.25) is 4.79 Å². The summed E-state index contributed by atoms with van der Waals surface area (Å²) in [5.41, 5.74) is 1.04. The highest BCUT2D eigenvalue weighted by Crippen LogP contribution is 2.18. The number of esters is 1. The van der Waals surface area contributed by atoms with Crippen LogP contribution in [0.1, 0.15) is 23.7 Å². The third-order valence-corrected chi connectivity index (χ3v) is 2.97. The molecule has 0 bridgehead atoms. The fraction of sp³-hybridized carbons (Fsp3) is 0.125. The maximum atomic E-state index is 11.9. The van der Waals surface area contributed by atoms with E-state index in [1.807, 2.05) is 0 Å². The quantitative estimate of drug-likeness (QED) is 0.688. The zero-order valence-corrected chi connectivity index (χ0v) is 12.2. The third kappa shape index (κ3) is 4.33. The highest BCUT2D eigenvalue weighted by atomic mass is 35.5. The molecule has 0 aliphatic heterocycles. The lowest BCUT2D eigenvalue weighted by molar-refractivity contribution is -0.115. The van der Waals surface area contributed by atoms with E-state index < -0.39 is 5.97 Å². The van der Waals surface area contributed by atoms with Crippen molar-refractivity contribution in [1.29, 1.82) is 0 Å². The lowest BCUT2D eigenvalue weighted by Gasteiger charge is -2.07. The first kappa shape index (κ1) is 15.1. The maximum absolute atomic E-state index is 11.9. The smallest absolute Gasteiger partial charge is 0.343 e. The number of carbonyl (C=O) groups excluding carboxylic acids is 2. The molecule has 0 heterocycles. The molecule has 4 nitrogen and oxygen atoms in total. The third-order valence-electron chi connectivity index (χ3n) is 2.73. The van der Waals surface area contributed by atoms with Crippen molar-refractivity contribution < 1.29 is 14.3 Å². The van der Waals surface area contributed by atoms with Crippen LogP contribution in [0, 0.1) is 0 Å². The molecule has 0 radical (unpaired) electrons. The predicted octanol–water partition coefficient (Wildman–Crippen LogP) is 3.91. The molecular formula is C16H14ClNO3. The van der Waals surface area contributed by atoms with Crippen molar-refractivity contribution in [3.05, 3.63) is 59.1 Å². The zero-order chi connectivity index (χ0) is 15.2. The largest absolute Gasteiger partial charge is 0.423 e. The molecule has 1 N–H and O–H groups in total. The van der Waals surface area contributed by atoms with Gasteiger partial charge >= 0.3 is 5.97 Å². The summed E-state index contributed by atoms with van der Waals surface area (Å²) in [5, 5.41) is 3.19. The van der Waals surface area contributed by atoms with Crippen LogP contribution in [0.2, 0.25) is 5.02 Å². The average molecular weight is 304 g/mol. The number of ether oxygens (including phenoxy) is 1. The van der Waals surface area contributed by atoms with Crippen molar-refractivity contribution in [2.45, 2.75) is 13.3 Å². The van der Waals surface area contributed by atoms with Crippen LogP contribution in [-0.2, 0) is 4.79 Å². The molecule has 0 atom stereocenters. The van der Waals surface area contributed by atoms with Gasteiger partial charge in [0, 0.05) is 17.1 Å². The van der Waals surface area contributed by atoms with Gasteiger partial charge in [0.1, 0.15) is 5.75 Å². The van der Waals surface area contributed by atoms with E-state index in [0.29, 0.717) is 28.4 Å². The second-order valence-corrected chi connectivity index (χ2v) is 4.76. The van der Waals surface area contributed by atoms with Gasteiger partial charge in [-0.15, -0.1) is 0 Å². The van der Waals surface area contributed by atoms with Gasteiger partial charge in [0.2, 0.25) is 5.91 Å². The molecule has 0 aliphatic rings. The number of amides is 1. The minimum absolute atomic E-state index is 0.0707. The van der Waals surface area contributed by atoms with Gasteiger partial charge in [0.15, 0.2) is 0 Å². The second-order valence-electron chi connectivity index (χ2n) is 4.33. The van der Waals surface area contributed by atoms with Crippen molar-refractivity contribution in [1.82, 2.24) is 0 Å². The number of hydrogen-bond acceptors (Lipinski definition) is 3. The van der Waals surface area contributed by atoms with E-state index in [9.17, 15) is 9.59 Å². The van der Waals surface area contributed by atoms with E-state index in [1.54, 1.807) is 55.5 Å². The molecule has 1 amide bonds. The number of anilines is 1. The van der Waals surface area contributed by atoms with E-state index in [4.69, 9.17) is 16.3 Å². The van der Waals surface area contributed by atoms with Crippen LogP contribution >= 0.6 is 11.6 Å². The molecule has 2 aromatic carbocycles. The SMILES string of the molecule is CCC(=O)Nc1ccc(OC(=O)c2cccc(Cl)c2)cc1. The average Bonchev–Trinajstić information content (AvgIpc) is 2.49. The maximum Gasteiger partial charge on any atom is 0.343 e. The standard InChI is InChI=1S/C16H14ClNO3/c1-2-15(19)18-13-6-8-14(9-7-13)21-16(20)11-4-3-5-12(17)10-11/h3-10H,2H2,1H3,(H,18,19). The first-order valence-corrected chi connectivity index (χ1v) is 6.84. The summed E-state index contributed by atoms with van der Waals surface area (Å²) in [5.74, 6) is -0.156. The van der Waals surface area contributed by atoms with Gasteiger partial charge in [-0.1, -0.05) is 24.6 Å². The fourth-order valence-corrected chi connectivity index (χ4v) is 1.83. The Hall–Kier alpha value is -2.33. The Kier molecular flexibility index (Phi) is 4.95. The fourth-order valence-electron chi connectivity index (χ4n) is 1.64. The Labute approximate surface area is 127 Å². The van der Waals surface area contributed by atoms with Crippen LogP contribution < -0.4 is 10.1 Å². The number of hydrogen-bond donors (Lipinski definition) is 1. The summed E-state index contributed by atoms with van der Waals surface area (Å²) in [7, 11) is 0. The van der Waals surface area contributed by atoms with Crippen LogP contribution in [0.25, 0.3) is 0 Å². The monoisotopic (exact) mass is 303 g/mol. The minimum atomic E-state index is -0.483. The van der Waals surface area contributed by atoms with Crippen LogP contribution in [0.15, 0.2) is 48.5 Å². The zero-order valence-electron chi connectivity index (χ0n) is 11.4. The number of nitrogens with one attached hydrogen (secondary N) is 1. The van der Waals surface area contributed by atoms with E-state index >= 15 is 0 Å². The Morgan fingerprint density at radius 1 is 1.14 bits per heavy atom. The summed E-state index contributed by atoms with van der Waals surface area (Å²) < 4.78 is 5.23. The highest BCUT2D eigenvalue weighted by molar-refractivity contribution is 6.30. The van der Waals surface area contributed by atoms with Crippen LogP contribution in [-0.4, -0.2) is 11.9 Å². The minimum Gasteiger partial charge on any atom is -0.423 e. The van der Waals surface area contributed by atoms with Gasteiger partial charge < -0.3 is 10.1 Å². The van der Waals surface area contributed by atoms with Gasteiger partial charge in [-0.25, -0.2) is 4.79 Å². The summed E-state index contributed by atoms with van der Waals surface area (Å²) in [6.07, 6.45) is 0.408. The number of benzene rings is 2. The Morgan fingerprint density at radius 3 is 2.48 bits per heavy atom. The molecule has 108 valence electrons. The number of halogens is 1.